The maximum absolute atomic E-state index is 13.0. The monoisotopic (exact) mass is 456 g/mol. The number of nitrogens with zero attached hydrogens (tertiary/aromatic N) is 1. The second-order valence-electron chi connectivity index (χ2n) is 7.47. The number of hydrogen-bond donors (Lipinski definition) is 2. The Balaban J connectivity index is 2.09. The first-order valence-electron chi connectivity index (χ1n) is 10.0. The number of carbonyl (C=O) groups excluding carboxylic acids is 1. The van der Waals surface area contributed by atoms with Crippen LogP contribution < -0.4 is 14.8 Å². The van der Waals surface area contributed by atoms with Crippen LogP contribution in [0.5, 0.6) is 11.5 Å². The van der Waals surface area contributed by atoms with Crippen molar-refractivity contribution in [3.8, 4) is 11.5 Å². The molecule has 8 nitrogen and oxygen atoms in total. The van der Waals surface area contributed by atoms with E-state index in [2.05, 4.69) is 5.32 Å². The van der Waals surface area contributed by atoms with Crippen LogP contribution in [0.4, 0.5) is 4.79 Å². The van der Waals surface area contributed by atoms with Gasteiger partial charge in [-0.1, -0.05) is 54.6 Å². The van der Waals surface area contributed by atoms with Gasteiger partial charge in [-0.05, 0) is 17.7 Å². The van der Waals surface area contributed by atoms with Gasteiger partial charge in [0.05, 0.1) is 14.2 Å². The first-order chi connectivity index (χ1) is 15.3. The van der Waals surface area contributed by atoms with Crippen LogP contribution in [0.15, 0.2) is 66.8 Å². The van der Waals surface area contributed by atoms with Crippen LogP contribution in [0.25, 0.3) is 5.57 Å². The maximum atomic E-state index is 13.0. The van der Waals surface area contributed by atoms with Crippen LogP contribution in [-0.4, -0.2) is 56.5 Å². The lowest BCUT2D eigenvalue weighted by atomic mass is 9.74. The van der Waals surface area contributed by atoms with Gasteiger partial charge in [0.25, 0.3) is 10.1 Å². The molecule has 2 aromatic carbocycles. The molecule has 32 heavy (non-hydrogen) atoms. The van der Waals surface area contributed by atoms with Gasteiger partial charge in [-0.3, -0.25) is 4.55 Å². The van der Waals surface area contributed by atoms with Crippen molar-refractivity contribution in [1.82, 2.24) is 10.2 Å². The fraction of sp³-hybridized carbons (Fsp3) is 0.261. The van der Waals surface area contributed by atoms with Crippen LogP contribution in [-0.2, 0) is 15.7 Å². The lowest BCUT2D eigenvalue weighted by Gasteiger charge is -2.44. The van der Waals surface area contributed by atoms with Crippen molar-refractivity contribution < 1.29 is 27.2 Å². The number of hydrogen-bond acceptors (Lipinski definition) is 5. The van der Waals surface area contributed by atoms with Gasteiger partial charge in [0, 0.05) is 24.2 Å². The SMILES string of the molecule is COc1ccccc1C1=CC(S(=O)(=O)O)C=CC1(c1ccccc1OC)N1CCNC1=O. The summed E-state index contributed by atoms with van der Waals surface area (Å²) >= 11 is 0. The molecule has 1 saturated heterocycles. The van der Waals surface area contributed by atoms with Crippen LogP contribution in [0.3, 0.4) is 0 Å². The van der Waals surface area contributed by atoms with E-state index < -0.39 is 20.9 Å². The average Bonchev–Trinajstić information content (AvgIpc) is 3.24. The summed E-state index contributed by atoms with van der Waals surface area (Å²) in [4.78, 5) is 14.6. The molecule has 2 aromatic rings. The van der Waals surface area contributed by atoms with Crippen molar-refractivity contribution in [3.63, 3.8) is 0 Å². The van der Waals surface area contributed by atoms with E-state index in [1.807, 2.05) is 18.2 Å². The van der Waals surface area contributed by atoms with Crippen LogP contribution in [0.1, 0.15) is 11.1 Å². The van der Waals surface area contributed by atoms with Crippen molar-refractivity contribution in [2.24, 2.45) is 0 Å². The van der Waals surface area contributed by atoms with Gasteiger partial charge in [-0.15, -0.1) is 0 Å². The van der Waals surface area contributed by atoms with E-state index in [-0.39, 0.29) is 6.03 Å². The molecule has 1 aliphatic heterocycles. The average molecular weight is 457 g/mol. The summed E-state index contributed by atoms with van der Waals surface area (Å²) in [6.07, 6.45) is 4.51. The van der Waals surface area contributed by atoms with E-state index in [1.165, 1.54) is 26.4 Å². The van der Waals surface area contributed by atoms with Crippen molar-refractivity contribution >= 4 is 21.7 Å². The second kappa shape index (κ2) is 8.33. The van der Waals surface area contributed by atoms with Gasteiger partial charge >= 0.3 is 6.03 Å². The lowest BCUT2D eigenvalue weighted by Crippen LogP contribution is -2.49. The number of rotatable bonds is 6. The summed E-state index contributed by atoms with van der Waals surface area (Å²) in [5, 5.41) is 1.55. The molecule has 1 fully saturated rings. The number of amides is 2. The zero-order chi connectivity index (χ0) is 22.9. The van der Waals surface area contributed by atoms with Gasteiger partial charge < -0.3 is 19.7 Å². The number of methoxy groups -OCH3 is 2. The number of urea groups is 1. The fourth-order valence-electron chi connectivity index (χ4n) is 4.40. The molecule has 2 aliphatic rings. The molecule has 2 atom stereocenters. The molecule has 1 aliphatic carbocycles. The smallest absolute Gasteiger partial charge is 0.318 e. The number of para-hydroxylation sites is 2. The Hall–Kier alpha value is -3.30. The zero-order valence-electron chi connectivity index (χ0n) is 17.7. The molecule has 0 saturated carbocycles. The third kappa shape index (κ3) is 3.53. The lowest BCUT2D eigenvalue weighted by molar-refractivity contribution is 0.189. The highest BCUT2D eigenvalue weighted by Crippen LogP contribution is 2.50. The summed E-state index contributed by atoms with van der Waals surface area (Å²) in [5.41, 5.74) is 0.533. The Morgan fingerprint density at radius 2 is 1.72 bits per heavy atom. The van der Waals surface area contributed by atoms with Crippen LogP contribution in [0.2, 0.25) is 0 Å². The molecule has 4 rings (SSSR count). The van der Waals surface area contributed by atoms with Gasteiger partial charge in [0.15, 0.2) is 0 Å². The fourth-order valence-corrected chi connectivity index (χ4v) is 4.99. The van der Waals surface area contributed by atoms with E-state index in [4.69, 9.17) is 9.47 Å². The van der Waals surface area contributed by atoms with Crippen molar-refractivity contribution in [3.05, 3.63) is 77.9 Å². The van der Waals surface area contributed by atoms with Crippen molar-refractivity contribution in [2.75, 3.05) is 27.3 Å². The maximum Gasteiger partial charge on any atom is 0.318 e. The van der Waals surface area contributed by atoms with E-state index in [0.717, 1.165) is 0 Å². The molecule has 9 heteroatoms. The predicted molar refractivity (Wildman–Crippen MR) is 120 cm³/mol. The molecule has 168 valence electrons. The van der Waals surface area contributed by atoms with E-state index >= 15 is 0 Å². The number of carbonyl (C=O) groups is 1. The normalized spacial score (nSPS) is 23.0. The summed E-state index contributed by atoms with van der Waals surface area (Å²) in [6, 6.07) is 14.1. The van der Waals surface area contributed by atoms with Gasteiger partial charge in [0.2, 0.25) is 0 Å². The molecule has 2 N–H and O–H groups in total. The van der Waals surface area contributed by atoms with E-state index in [1.54, 1.807) is 41.3 Å². The van der Waals surface area contributed by atoms with Gasteiger partial charge in [-0.25, -0.2) is 4.79 Å². The van der Waals surface area contributed by atoms with Crippen LogP contribution in [0, 0.1) is 0 Å². The molecule has 1 heterocycles. The Morgan fingerprint density at radius 3 is 2.34 bits per heavy atom. The molecular weight excluding hydrogens is 432 g/mol. The topological polar surface area (TPSA) is 105 Å². The third-order valence-electron chi connectivity index (χ3n) is 5.81. The molecule has 2 unspecified atom stereocenters. The molecule has 0 radical (unpaired) electrons. The highest BCUT2D eigenvalue weighted by Gasteiger charge is 2.49. The quantitative estimate of drug-likeness (QED) is 0.512. The summed E-state index contributed by atoms with van der Waals surface area (Å²) < 4.78 is 45.2. The minimum Gasteiger partial charge on any atom is -0.496 e. The number of ether oxygens (including phenoxy) is 2. The molecule has 2 amide bonds. The largest absolute Gasteiger partial charge is 0.496 e. The molecular formula is C23H24N2O6S. The van der Waals surface area contributed by atoms with Crippen molar-refractivity contribution in [2.45, 2.75) is 10.8 Å². The third-order valence-corrected chi connectivity index (χ3v) is 6.79. The second-order valence-corrected chi connectivity index (χ2v) is 9.04. The first-order valence-corrected chi connectivity index (χ1v) is 11.5. The Bertz CT molecular complexity index is 1210. The molecule has 0 bridgehead atoms. The van der Waals surface area contributed by atoms with E-state index in [0.29, 0.717) is 41.3 Å². The summed E-state index contributed by atoms with van der Waals surface area (Å²) in [6.45, 7) is 0.814. The van der Waals surface area contributed by atoms with Crippen molar-refractivity contribution in [1.29, 1.82) is 0 Å². The standard InChI is InChI=1S/C23H24N2O6S/c1-30-20-9-5-3-7-17(20)19-15-16(32(27,28)29)11-12-23(19,25-14-13-24-22(25)26)18-8-4-6-10-21(18)31-2/h3-12,15-16H,13-14H2,1-2H3,(H,24,26)(H,27,28,29). The first kappa shape index (κ1) is 21.9. The highest BCUT2D eigenvalue weighted by molar-refractivity contribution is 7.86. The van der Waals surface area contributed by atoms with E-state index in [9.17, 15) is 17.8 Å². The zero-order valence-corrected chi connectivity index (χ0v) is 18.5. The van der Waals surface area contributed by atoms with Gasteiger partial charge in [0.1, 0.15) is 22.3 Å². The predicted octanol–water partition coefficient (Wildman–Crippen LogP) is 2.83. The number of benzene rings is 2. The number of nitrogens with one attached hydrogen (secondary N) is 1. The minimum absolute atomic E-state index is 0.299. The van der Waals surface area contributed by atoms with Gasteiger partial charge in [-0.2, -0.15) is 8.42 Å². The Kier molecular flexibility index (Phi) is 5.70. The van der Waals surface area contributed by atoms with Crippen LogP contribution >= 0.6 is 0 Å². The molecule has 0 spiro atoms. The summed E-state index contributed by atoms with van der Waals surface area (Å²) in [7, 11) is -1.37. The Labute approximate surface area is 186 Å². The highest BCUT2D eigenvalue weighted by atomic mass is 32.2. The molecule has 0 aromatic heterocycles. The Morgan fingerprint density at radius 1 is 1.06 bits per heavy atom. The minimum atomic E-state index is -4.43. The summed E-state index contributed by atoms with van der Waals surface area (Å²) in [5.74, 6) is 1.03.